The van der Waals surface area contributed by atoms with Crippen molar-refractivity contribution in [2.45, 2.75) is 19.4 Å². The van der Waals surface area contributed by atoms with E-state index in [1.54, 1.807) is 16.9 Å². The third-order valence-electron chi connectivity index (χ3n) is 5.80. The monoisotopic (exact) mass is 394 g/mol. The van der Waals surface area contributed by atoms with Gasteiger partial charge >= 0.3 is 0 Å². The molecule has 2 aromatic heterocycles. The number of morpholine rings is 1. The molecule has 3 aromatic rings. The van der Waals surface area contributed by atoms with Gasteiger partial charge in [0.1, 0.15) is 5.82 Å². The average Bonchev–Trinajstić information content (AvgIpc) is 2.92. The number of ether oxygens (including phenoxy) is 1. The molecule has 2 unspecified atom stereocenters. The number of hydrogen-bond donors (Lipinski definition) is 1. The van der Waals surface area contributed by atoms with Gasteiger partial charge in [-0.15, -0.1) is 0 Å². The van der Waals surface area contributed by atoms with Crippen molar-refractivity contribution in [2.24, 2.45) is 5.92 Å². The Morgan fingerprint density at radius 2 is 1.97 bits per heavy atom. The van der Waals surface area contributed by atoms with Crippen LogP contribution in [0, 0.1) is 11.7 Å². The van der Waals surface area contributed by atoms with Crippen LogP contribution in [0.4, 0.5) is 10.1 Å². The molecule has 3 heterocycles. The third-order valence-corrected chi connectivity index (χ3v) is 5.80. The molecule has 1 aliphatic heterocycles. The number of pyridine rings is 1. The summed E-state index contributed by atoms with van der Waals surface area (Å²) in [7, 11) is 0. The van der Waals surface area contributed by atoms with Crippen molar-refractivity contribution in [3.8, 4) is 0 Å². The van der Waals surface area contributed by atoms with Crippen LogP contribution in [0.5, 0.6) is 0 Å². The minimum absolute atomic E-state index is 0.0765. The summed E-state index contributed by atoms with van der Waals surface area (Å²) in [5.41, 5.74) is 1.70. The second kappa shape index (κ2) is 7.15. The van der Waals surface area contributed by atoms with Crippen LogP contribution in [-0.2, 0) is 4.74 Å². The topological polar surface area (TPSA) is 63.1 Å². The summed E-state index contributed by atoms with van der Waals surface area (Å²) in [6.45, 7) is 4.60. The maximum absolute atomic E-state index is 15.0. The molecule has 1 aliphatic carbocycles. The highest BCUT2D eigenvalue weighted by atomic mass is 19.1. The van der Waals surface area contributed by atoms with Crippen LogP contribution in [0.1, 0.15) is 19.4 Å². The van der Waals surface area contributed by atoms with Crippen molar-refractivity contribution in [1.82, 2.24) is 14.8 Å². The molecule has 5 rings (SSSR count). The number of hydrogen-bond acceptors (Lipinski definition) is 4. The lowest BCUT2D eigenvalue weighted by Gasteiger charge is -2.29. The van der Waals surface area contributed by atoms with E-state index in [1.165, 1.54) is 6.07 Å². The van der Waals surface area contributed by atoms with Gasteiger partial charge in [0.25, 0.3) is 5.56 Å². The predicted molar refractivity (Wildman–Crippen MR) is 112 cm³/mol. The fourth-order valence-corrected chi connectivity index (χ4v) is 4.24. The number of allylic oxidation sites excluding steroid dienone is 4. The molecule has 2 atom stereocenters. The number of anilines is 1. The summed E-state index contributed by atoms with van der Waals surface area (Å²) in [6, 6.07) is 3.18. The molecule has 0 amide bonds. The first kappa shape index (κ1) is 18.1. The largest absolute Gasteiger partial charge is 0.378 e. The summed E-state index contributed by atoms with van der Waals surface area (Å²) in [5, 5.41) is 4.34. The lowest BCUT2D eigenvalue weighted by Crippen LogP contribution is -2.36. The molecule has 1 aromatic carbocycles. The van der Waals surface area contributed by atoms with E-state index in [0.717, 1.165) is 6.42 Å². The molecule has 7 heteroatoms. The van der Waals surface area contributed by atoms with Crippen LogP contribution < -0.4 is 10.5 Å². The Kier molecular flexibility index (Phi) is 4.47. The van der Waals surface area contributed by atoms with E-state index in [4.69, 9.17) is 4.74 Å². The van der Waals surface area contributed by atoms with Crippen molar-refractivity contribution < 1.29 is 9.13 Å². The molecule has 0 bridgehead atoms. The average molecular weight is 394 g/mol. The fraction of sp³-hybridized carbons (Fsp3) is 0.364. The fourth-order valence-electron chi connectivity index (χ4n) is 4.24. The highest BCUT2D eigenvalue weighted by Gasteiger charge is 2.21. The van der Waals surface area contributed by atoms with E-state index in [-0.39, 0.29) is 17.4 Å². The van der Waals surface area contributed by atoms with E-state index in [9.17, 15) is 9.18 Å². The van der Waals surface area contributed by atoms with Gasteiger partial charge in [-0.2, -0.15) is 0 Å². The Balaban J connectivity index is 1.63. The van der Waals surface area contributed by atoms with Gasteiger partial charge in [0, 0.05) is 24.7 Å². The third kappa shape index (κ3) is 3.15. The summed E-state index contributed by atoms with van der Waals surface area (Å²) in [5.74, 6) is 0.0474. The molecule has 0 spiro atoms. The highest BCUT2D eigenvalue weighted by molar-refractivity contribution is 6.03. The summed E-state index contributed by atoms with van der Waals surface area (Å²) in [6.07, 6.45) is 10.5. The van der Waals surface area contributed by atoms with Crippen LogP contribution >= 0.6 is 0 Å². The Bertz CT molecular complexity index is 1190. The van der Waals surface area contributed by atoms with Gasteiger partial charge in [-0.05, 0) is 24.5 Å². The maximum atomic E-state index is 15.0. The van der Waals surface area contributed by atoms with E-state index < -0.39 is 0 Å². The quantitative estimate of drug-likeness (QED) is 0.722. The van der Waals surface area contributed by atoms with E-state index >= 15 is 0 Å². The summed E-state index contributed by atoms with van der Waals surface area (Å²) >= 11 is 0. The molecular formula is C22H23FN4O2. The van der Waals surface area contributed by atoms with Crippen LogP contribution in [0.3, 0.4) is 0 Å². The zero-order chi connectivity index (χ0) is 20.0. The van der Waals surface area contributed by atoms with Gasteiger partial charge in [-0.1, -0.05) is 31.2 Å². The van der Waals surface area contributed by atoms with Crippen molar-refractivity contribution in [3.63, 3.8) is 0 Å². The van der Waals surface area contributed by atoms with Crippen molar-refractivity contribution in [3.05, 3.63) is 58.8 Å². The second-order valence-electron chi connectivity index (χ2n) is 7.80. The molecule has 1 N–H and O–H groups in total. The molecule has 150 valence electrons. The minimum Gasteiger partial charge on any atom is -0.378 e. The maximum Gasteiger partial charge on any atom is 0.276 e. The van der Waals surface area contributed by atoms with Gasteiger partial charge in [0.05, 0.1) is 41.4 Å². The van der Waals surface area contributed by atoms with Crippen molar-refractivity contribution in [1.29, 1.82) is 0 Å². The Morgan fingerprint density at radius 1 is 1.17 bits per heavy atom. The Morgan fingerprint density at radius 3 is 2.79 bits per heavy atom. The number of H-pyrrole nitrogens is 1. The molecule has 2 aliphatic rings. The number of aromatic amines is 1. The van der Waals surface area contributed by atoms with Crippen molar-refractivity contribution >= 4 is 27.5 Å². The van der Waals surface area contributed by atoms with Gasteiger partial charge < -0.3 is 9.64 Å². The predicted octanol–water partition coefficient (Wildman–Crippen LogP) is 3.55. The zero-order valence-corrected chi connectivity index (χ0v) is 16.3. The number of halogens is 1. The van der Waals surface area contributed by atoms with Crippen molar-refractivity contribution in [2.75, 3.05) is 31.2 Å². The van der Waals surface area contributed by atoms with Crippen LogP contribution in [0.25, 0.3) is 21.8 Å². The lowest BCUT2D eigenvalue weighted by atomic mass is 10.0. The zero-order valence-electron chi connectivity index (χ0n) is 16.3. The highest BCUT2D eigenvalue weighted by Crippen LogP contribution is 2.30. The summed E-state index contributed by atoms with van der Waals surface area (Å²) in [4.78, 5) is 19.5. The first-order chi connectivity index (χ1) is 14.1. The van der Waals surface area contributed by atoms with Crippen LogP contribution in [0.2, 0.25) is 0 Å². The number of benzene rings is 1. The molecule has 0 saturated carbocycles. The second-order valence-corrected chi connectivity index (χ2v) is 7.80. The number of rotatable bonds is 2. The molecule has 0 radical (unpaired) electrons. The van der Waals surface area contributed by atoms with E-state index in [0.29, 0.717) is 59.7 Å². The van der Waals surface area contributed by atoms with E-state index in [2.05, 4.69) is 23.1 Å². The first-order valence-corrected chi connectivity index (χ1v) is 10.0. The molecule has 1 fully saturated rings. The number of nitrogens with one attached hydrogen (secondary N) is 1. The molecule has 29 heavy (non-hydrogen) atoms. The molecule has 1 saturated heterocycles. The Labute approximate surface area is 167 Å². The van der Waals surface area contributed by atoms with Gasteiger partial charge in [0.2, 0.25) is 0 Å². The standard InChI is InChI=1S/C22H23FN4O2/c1-14-4-2-3-5-15(10-14)27-22(28)17-13-24-19-12-20(26-6-8-29-9-7-26)18(23)11-16(19)21(17)25-27/h2-5,11-15,25H,6-10H2,1H3. The molecule has 6 nitrogen and oxygen atoms in total. The normalized spacial score (nSPS) is 22.5. The van der Waals surface area contributed by atoms with Crippen LogP contribution in [-0.4, -0.2) is 41.1 Å². The lowest BCUT2D eigenvalue weighted by molar-refractivity contribution is 0.122. The number of aromatic nitrogens is 3. The van der Waals surface area contributed by atoms with Crippen LogP contribution in [0.15, 0.2) is 47.4 Å². The first-order valence-electron chi connectivity index (χ1n) is 10.0. The smallest absolute Gasteiger partial charge is 0.276 e. The minimum atomic E-state index is -0.311. The van der Waals surface area contributed by atoms with E-state index in [1.807, 2.05) is 23.1 Å². The summed E-state index contributed by atoms with van der Waals surface area (Å²) < 4.78 is 22.0. The van der Waals surface area contributed by atoms with Gasteiger partial charge in [-0.3, -0.25) is 14.9 Å². The Hall–Kier alpha value is -2.93. The van der Waals surface area contributed by atoms with Gasteiger partial charge in [0.15, 0.2) is 0 Å². The number of fused-ring (bicyclic) bond motifs is 3. The van der Waals surface area contributed by atoms with Gasteiger partial charge in [-0.25, -0.2) is 9.07 Å². The SMILES string of the molecule is CC1C=CC=CC(n2[nH]c3c(cnc4cc(N5CCOCC5)c(F)cc43)c2=O)C1. The molecular weight excluding hydrogens is 371 g/mol. The number of nitrogens with zero attached hydrogens (tertiary/aromatic N) is 3.